The van der Waals surface area contributed by atoms with E-state index in [-0.39, 0.29) is 35.1 Å². The summed E-state index contributed by atoms with van der Waals surface area (Å²) in [5.41, 5.74) is 8.12. The van der Waals surface area contributed by atoms with E-state index in [1.165, 1.54) is 11.3 Å². The summed E-state index contributed by atoms with van der Waals surface area (Å²) in [7, 11) is 0. The van der Waals surface area contributed by atoms with Crippen molar-refractivity contribution >= 4 is 28.3 Å². The summed E-state index contributed by atoms with van der Waals surface area (Å²) in [6.45, 7) is 1.53. The van der Waals surface area contributed by atoms with Crippen LogP contribution in [0, 0.1) is 17.5 Å². The molecule has 0 saturated carbocycles. The van der Waals surface area contributed by atoms with Crippen LogP contribution in [0.4, 0.5) is 13.2 Å². The van der Waals surface area contributed by atoms with Gasteiger partial charge < -0.3 is 4.74 Å². The third-order valence-electron chi connectivity index (χ3n) is 6.09. The zero-order chi connectivity index (χ0) is 26.3. The largest absolute Gasteiger partial charge is 0.462 e. The van der Waals surface area contributed by atoms with Gasteiger partial charge in [0.15, 0.2) is 5.82 Å². The van der Waals surface area contributed by atoms with Gasteiger partial charge in [-0.1, -0.05) is 5.11 Å². The smallest absolute Gasteiger partial charge is 0.343 e. The number of aromatic nitrogens is 2. The molecular weight excluding hydrogens is 507 g/mol. The molecule has 0 bridgehead atoms. The van der Waals surface area contributed by atoms with Gasteiger partial charge in [0.2, 0.25) is 5.43 Å². The summed E-state index contributed by atoms with van der Waals surface area (Å²) in [5.74, 6) is -3.59. The molecule has 0 amide bonds. The average Bonchev–Trinajstić information content (AvgIpc) is 3.30. The number of carbonyl (C=O) groups is 1. The maximum Gasteiger partial charge on any atom is 0.343 e. The lowest BCUT2D eigenvalue weighted by Crippen LogP contribution is -2.21. The van der Waals surface area contributed by atoms with Crippen molar-refractivity contribution in [3.63, 3.8) is 0 Å². The van der Waals surface area contributed by atoms with Crippen LogP contribution in [0.15, 0.2) is 46.4 Å². The molecule has 12 heteroatoms. The quantitative estimate of drug-likeness (QED) is 0.130. The Hall–Kier alpha value is -4.15. The zero-order valence-electron chi connectivity index (χ0n) is 19.4. The van der Waals surface area contributed by atoms with Crippen molar-refractivity contribution in [3.05, 3.63) is 90.7 Å². The van der Waals surface area contributed by atoms with Gasteiger partial charge in [0, 0.05) is 22.1 Å². The Morgan fingerprint density at radius 1 is 1.27 bits per heavy atom. The minimum absolute atomic E-state index is 0.0212. The number of azide groups is 1. The van der Waals surface area contributed by atoms with Gasteiger partial charge in [-0.05, 0) is 61.5 Å². The maximum atomic E-state index is 15.4. The van der Waals surface area contributed by atoms with Gasteiger partial charge in [0.25, 0.3) is 0 Å². The first kappa shape index (κ1) is 24.5. The minimum atomic E-state index is -0.976. The topological polar surface area (TPSA) is 110 Å². The first-order chi connectivity index (χ1) is 17.8. The lowest BCUT2D eigenvalue weighted by atomic mass is 9.95. The second kappa shape index (κ2) is 9.72. The molecular formula is C25H18F3N5O3S. The van der Waals surface area contributed by atoms with Crippen LogP contribution in [0.25, 0.3) is 37.7 Å². The lowest BCUT2D eigenvalue weighted by molar-refractivity contribution is 0.0524. The van der Waals surface area contributed by atoms with E-state index in [1.807, 2.05) is 0 Å². The number of esters is 1. The number of carbonyl (C=O) groups excluding carboxylic acids is 1. The standard InChI is InChI=1S/C25H18F3N5O3S/c1-2-36-25(35)15-11-33(19-7-6-13(26)9-16(19)27)24-14(22(15)34)10-17(28)21(30-24)20-8-12-4-3-5-18(31-32-29)23(12)37-20/h6-11,18H,2-5H2,1H3. The fraction of sp³-hybridized carbons (Fsp3) is 0.240. The first-order valence-corrected chi connectivity index (χ1v) is 12.2. The minimum Gasteiger partial charge on any atom is -0.462 e. The van der Waals surface area contributed by atoms with Crippen molar-refractivity contribution < 1.29 is 22.7 Å². The van der Waals surface area contributed by atoms with E-state index in [0.29, 0.717) is 17.4 Å². The molecule has 0 N–H and O–H groups in total. The second-order valence-electron chi connectivity index (χ2n) is 8.36. The maximum absolute atomic E-state index is 15.4. The highest BCUT2D eigenvalue weighted by molar-refractivity contribution is 7.15. The van der Waals surface area contributed by atoms with Gasteiger partial charge in [-0.25, -0.2) is 22.9 Å². The normalized spacial score (nSPS) is 14.8. The molecule has 8 nitrogen and oxygen atoms in total. The molecule has 0 spiro atoms. The molecule has 1 aromatic carbocycles. The van der Waals surface area contributed by atoms with Gasteiger partial charge >= 0.3 is 5.97 Å². The Balaban J connectivity index is 1.78. The molecule has 3 heterocycles. The van der Waals surface area contributed by atoms with Crippen molar-refractivity contribution in [1.29, 1.82) is 0 Å². The Labute approximate surface area is 211 Å². The highest BCUT2D eigenvalue weighted by Crippen LogP contribution is 2.42. The highest BCUT2D eigenvalue weighted by atomic mass is 32.1. The summed E-state index contributed by atoms with van der Waals surface area (Å²) >= 11 is 1.23. The number of ether oxygens (including phenoxy) is 1. The molecule has 37 heavy (non-hydrogen) atoms. The van der Waals surface area contributed by atoms with Crippen LogP contribution < -0.4 is 5.43 Å². The summed E-state index contributed by atoms with van der Waals surface area (Å²) in [6, 6.07) is 5.14. The number of thiophene rings is 1. The van der Waals surface area contributed by atoms with Crippen LogP contribution in [-0.4, -0.2) is 22.1 Å². The molecule has 0 radical (unpaired) electrons. The Kier molecular flexibility index (Phi) is 6.45. The van der Waals surface area contributed by atoms with Gasteiger partial charge in [0.1, 0.15) is 28.5 Å². The fourth-order valence-corrected chi connectivity index (χ4v) is 5.71. The Morgan fingerprint density at radius 3 is 2.81 bits per heavy atom. The molecule has 188 valence electrons. The van der Waals surface area contributed by atoms with Gasteiger partial charge in [-0.15, -0.1) is 11.3 Å². The predicted octanol–water partition coefficient (Wildman–Crippen LogP) is 6.40. The number of rotatable bonds is 5. The van der Waals surface area contributed by atoms with Crippen molar-refractivity contribution in [2.45, 2.75) is 32.2 Å². The summed E-state index contributed by atoms with van der Waals surface area (Å²) < 4.78 is 49.9. The molecule has 3 aromatic heterocycles. The number of hydrogen-bond acceptors (Lipinski definition) is 6. The SMILES string of the molecule is CCOC(=O)c1cn(-c2ccc(F)cc2F)c2nc(-c3cc4c(s3)C(N=[N+]=[N-])CCC4)c(F)cc2c1=O. The average molecular weight is 526 g/mol. The van der Waals surface area contributed by atoms with E-state index in [1.54, 1.807) is 13.0 Å². The molecule has 1 atom stereocenters. The van der Waals surface area contributed by atoms with Crippen LogP contribution >= 0.6 is 11.3 Å². The number of pyridine rings is 2. The van der Waals surface area contributed by atoms with E-state index in [2.05, 4.69) is 15.0 Å². The highest BCUT2D eigenvalue weighted by Gasteiger charge is 2.26. The number of benzene rings is 1. The summed E-state index contributed by atoms with van der Waals surface area (Å²) in [4.78, 5) is 34.1. The Morgan fingerprint density at radius 2 is 2.08 bits per heavy atom. The van der Waals surface area contributed by atoms with Gasteiger partial charge in [-0.2, -0.15) is 0 Å². The number of nitrogens with zero attached hydrogens (tertiary/aromatic N) is 5. The monoisotopic (exact) mass is 525 g/mol. The molecule has 0 aliphatic heterocycles. The van der Waals surface area contributed by atoms with E-state index in [4.69, 9.17) is 10.3 Å². The molecule has 1 aliphatic carbocycles. The molecule has 4 aromatic rings. The van der Waals surface area contributed by atoms with Gasteiger partial charge in [-0.3, -0.25) is 9.36 Å². The summed E-state index contributed by atoms with van der Waals surface area (Å²) in [5, 5.41) is 3.57. The van der Waals surface area contributed by atoms with Crippen molar-refractivity contribution in [1.82, 2.24) is 9.55 Å². The van der Waals surface area contributed by atoms with Crippen LogP contribution in [0.2, 0.25) is 0 Å². The van der Waals surface area contributed by atoms with Crippen molar-refractivity contribution in [3.8, 4) is 16.3 Å². The number of halogens is 3. The Bertz CT molecular complexity index is 1680. The summed E-state index contributed by atoms with van der Waals surface area (Å²) in [6.07, 6.45) is 3.27. The third-order valence-corrected chi connectivity index (χ3v) is 7.37. The van der Waals surface area contributed by atoms with E-state index in [9.17, 15) is 18.4 Å². The molecule has 1 aliphatic rings. The molecule has 5 rings (SSSR count). The molecule has 1 unspecified atom stereocenters. The van der Waals surface area contributed by atoms with Crippen LogP contribution in [-0.2, 0) is 11.2 Å². The molecule has 0 fully saturated rings. The van der Waals surface area contributed by atoms with E-state index in [0.717, 1.165) is 52.2 Å². The second-order valence-corrected chi connectivity index (χ2v) is 9.44. The lowest BCUT2D eigenvalue weighted by Gasteiger charge is -2.16. The third kappa shape index (κ3) is 4.34. The zero-order valence-corrected chi connectivity index (χ0v) is 20.2. The number of hydrogen-bond donors (Lipinski definition) is 0. The predicted molar refractivity (Wildman–Crippen MR) is 131 cm³/mol. The van der Waals surface area contributed by atoms with E-state index < -0.39 is 34.4 Å². The van der Waals surface area contributed by atoms with Crippen LogP contribution in [0.3, 0.4) is 0 Å². The molecule has 0 saturated heterocycles. The number of fused-ring (bicyclic) bond motifs is 2. The van der Waals surface area contributed by atoms with Crippen LogP contribution in [0.5, 0.6) is 0 Å². The number of aryl methyl sites for hydroxylation is 1. The van der Waals surface area contributed by atoms with E-state index >= 15 is 4.39 Å². The van der Waals surface area contributed by atoms with Gasteiger partial charge in [0.05, 0.1) is 28.6 Å². The first-order valence-electron chi connectivity index (χ1n) is 11.4. The fourth-order valence-electron chi connectivity index (χ4n) is 4.44. The van der Waals surface area contributed by atoms with Crippen LogP contribution in [0.1, 0.15) is 46.6 Å². The van der Waals surface area contributed by atoms with Crippen molar-refractivity contribution in [2.24, 2.45) is 5.11 Å². The van der Waals surface area contributed by atoms with Crippen molar-refractivity contribution in [2.75, 3.05) is 6.61 Å².